The van der Waals surface area contributed by atoms with E-state index in [4.69, 9.17) is 0 Å². The Morgan fingerprint density at radius 3 is 2.52 bits per heavy atom. The number of sulfonamides is 1. The van der Waals surface area contributed by atoms with Crippen LogP contribution in [0.25, 0.3) is 0 Å². The van der Waals surface area contributed by atoms with Crippen molar-refractivity contribution in [2.24, 2.45) is 0 Å². The Hall–Kier alpha value is -1.71. The molecular weight excluding hydrogens is 362 g/mol. The van der Waals surface area contributed by atoms with Crippen LogP contribution >= 0.6 is 0 Å². The van der Waals surface area contributed by atoms with Crippen LogP contribution in [0.4, 0.5) is 0 Å². The summed E-state index contributed by atoms with van der Waals surface area (Å²) in [4.78, 5) is 0.132. The molecule has 7 nitrogen and oxygen atoms in total. The predicted octanol–water partition coefficient (Wildman–Crippen LogP) is 1.34. The molecule has 25 heavy (non-hydrogen) atoms. The van der Waals surface area contributed by atoms with Crippen LogP contribution in [0.2, 0.25) is 0 Å². The van der Waals surface area contributed by atoms with Gasteiger partial charge in [-0.15, -0.1) is 0 Å². The summed E-state index contributed by atoms with van der Waals surface area (Å²) in [6.45, 7) is 3.48. The number of benzene rings is 1. The van der Waals surface area contributed by atoms with E-state index in [-0.39, 0.29) is 29.0 Å². The van der Waals surface area contributed by atoms with E-state index in [0.29, 0.717) is 17.8 Å². The molecule has 136 valence electrons. The zero-order valence-corrected chi connectivity index (χ0v) is 15.8. The number of rotatable bonds is 5. The molecule has 0 saturated carbocycles. The van der Waals surface area contributed by atoms with E-state index >= 15 is 0 Å². The van der Waals surface area contributed by atoms with Gasteiger partial charge in [0.05, 0.1) is 28.9 Å². The Kier molecular flexibility index (Phi) is 4.74. The van der Waals surface area contributed by atoms with Gasteiger partial charge in [-0.1, -0.05) is 30.3 Å². The van der Waals surface area contributed by atoms with Crippen LogP contribution in [-0.4, -0.2) is 38.1 Å². The fourth-order valence-corrected chi connectivity index (χ4v) is 6.31. The monoisotopic (exact) mass is 383 g/mol. The molecular formula is C16H21N3O4S2. The van der Waals surface area contributed by atoms with Crippen molar-refractivity contribution in [3.05, 3.63) is 47.3 Å². The molecule has 1 saturated heterocycles. The molecule has 1 aliphatic rings. The van der Waals surface area contributed by atoms with Crippen molar-refractivity contribution in [1.29, 1.82) is 0 Å². The minimum Gasteiger partial charge on any atom is -0.264 e. The van der Waals surface area contributed by atoms with Crippen molar-refractivity contribution in [2.45, 2.75) is 37.8 Å². The third-order valence-corrected chi connectivity index (χ3v) is 7.79. The fourth-order valence-electron chi connectivity index (χ4n) is 3.21. The molecule has 0 radical (unpaired) electrons. The normalized spacial score (nSPS) is 20.0. The van der Waals surface area contributed by atoms with Crippen molar-refractivity contribution in [3.8, 4) is 0 Å². The molecule has 1 aromatic heterocycles. The molecule has 0 unspecified atom stereocenters. The second-order valence-electron chi connectivity index (χ2n) is 6.31. The van der Waals surface area contributed by atoms with Gasteiger partial charge in [0.2, 0.25) is 10.0 Å². The predicted molar refractivity (Wildman–Crippen MR) is 94.5 cm³/mol. The summed E-state index contributed by atoms with van der Waals surface area (Å²) in [5.41, 5.74) is 1.71. The number of nitrogens with zero attached hydrogens (tertiary/aromatic N) is 2. The molecule has 1 atom stereocenters. The van der Waals surface area contributed by atoms with Crippen LogP contribution in [-0.2, 0) is 26.4 Å². The SMILES string of the molecule is Cc1nn([C@H]2CCS(=O)(=O)C2)c(C)c1S(=O)(=O)NCc1ccccc1. The molecule has 2 aromatic rings. The molecule has 9 heteroatoms. The average Bonchev–Trinajstić information content (AvgIpc) is 3.05. The van der Waals surface area contributed by atoms with Crippen molar-refractivity contribution >= 4 is 19.9 Å². The van der Waals surface area contributed by atoms with E-state index in [1.54, 1.807) is 18.5 Å². The minimum absolute atomic E-state index is 0.00584. The van der Waals surface area contributed by atoms with E-state index in [2.05, 4.69) is 9.82 Å². The molecule has 0 spiro atoms. The largest absolute Gasteiger partial charge is 0.264 e. The summed E-state index contributed by atoms with van der Waals surface area (Å²) in [5, 5.41) is 4.31. The highest BCUT2D eigenvalue weighted by Crippen LogP contribution is 2.28. The van der Waals surface area contributed by atoms with E-state index in [1.165, 1.54) is 0 Å². The summed E-state index contributed by atoms with van der Waals surface area (Å²) < 4.78 is 53.0. The minimum atomic E-state index is -3.74. The number of hydrogen-bond acceptors (Lipinski definition) is 5. The van der Waals surface area contributed by atoms with Gasteiger partial charge in [-0.3, -0.25) is 4.68 Å². The smallest absolute Gasteiger partial charge is 0.244 e. The summed E-state index contributed by atoms with van der Waals surface area (Å²) in [6, 6.07) is 8.94. The standard InChI is InChI=1S/C16H21N3O4S2/c1-12-16(25(22,23)17-10-14-6-4-3-5-7-14)13(2)19(18-12)15-8-9-24(20,21)11-15/h3-7,15,17H,8-11H2,1-2H3/t15-/m0/s1. The number of hydrogen-bond donors (Lipinski definition) is 1. The highest BCUT2D eigenvalue weighted by molar-refractivity contribution is 7.91. The van der Waals surface area contributed by atoms with Crippen LogP contribution in [0, 0.1) is 13.8 Å². The van der Waals surface area contributed by atoms with Gasteiger partial charge in [0.25, 0.3) is 0 Å². The number of aryl methyl sites for hydroxylation is 1. The zero-order chi connectivity index (χ0) is 18.2. The molecule has 3 rings (SSSR count). The lowest BCUT2D eigenvalue weighted by Gasteiger charge is -2.12. The summed E-state index contributed by atoms with van der Waals surface area (Å²) >= 11 is 0. The second kappa shape index (κ2) is 6.54. The second-order valence-corrected chi connectivity index (χ2v) is 10.2. The molecule has 0 bridgehead atoms. The first kappa shape index (κ1) is 18.1. The molecule has 0 amide bonds. The average molecular weight is 383 g/mol. The van der Waals surface area contributed by atoms with Gasteiger partial charge in [-0.2, -0.15) is 5.10 Å². The van der Waals surface area contributed by atoms with Crippen LogP contribution in [0.5, 0.6) is 0 Å². The van der Waals surface area contributed by atoms with Gasteiger partial charge in [0.15, 0.2) is 9.84 Å². The van der Waals surface area contributed by atoms with E-state index in [1.807, 2.05) is 30.3 Å². The Labute approximate surface area is 148 Å². The number of nitrogens with one attached hydrogen (secondary N) is 1. The Bertz CT molecular complexity index is 980. The maximum Gasteiger partial charge on any atom is 0.244 e. The van der Waals surface area contributed by atoms with Crippen LogP contribution in [0.1, 0.15) is 29.4 Å². The first-order valence-electron chi connectivity index (χ1n) is 7.99. The molecule has 1 aromatic carbocycles. The Morgan fingerprint density at radius 1 is 1.24 bits per heavy atom. The molecule has 1 N–H and O–H groups in total. The maximum absolute atomic E-state index is 12.7. The summed E-state index contributed by atoms with van der Waals surface area (Å²) in [7, 11) is -6.81. The first-order chi connectivity index (χ1) is 11.7. The van der Waals surface area contributed by atoms with Gasteiger partial charge < -0.3 is 0 Å². The highest BCUT2D eigenvalue weighted by atomic mass is 32.2. The first-order valence-corrected chi connectivity index (χ1v) is 11.3. The molecule has 0 aliphatic carbocycles. The molecule has 1 aliphatic heterocycles. The van der Waals surface area contributed by atoms with Crippen molar-refractivity contribution in [2.75, 3.05) is 11.5 Å². The van der Waals surface area contributed by atoms with E-state index in [0.717, 1.165) is 5.56 Å². The molecule has 2 heterocycles. The van der Waals surface area contributed by atoms with Crippen molar-refractivity contribution < 1.29 is 16.8 Å². The third kappa shape index (κ3) is 3.78. The maximum atomic E-state index is 12.7. The summed E-state index contributed by atoms with van der Waals surface area (Å²) in [6.07, 6.45) is 0.460. The van der Waals surface area contributed by atoms with E-state index in [9.17, 15) is 16.8 Å². The Balaban J connectivity index is 1.87. The van der Waals surface area contributed by atoms with Gasteiger partial charge in [0, 0.05) is 6.54 Å². The summed E-state index contributed by atoms with van der Waals surface area (Å²) in [5.74, 6) is 0.121. The fraction of sp³-hybridized carbons (Fsp3) is 0.438. The third-order valence-electron chi connectivity index (χ3n) is 4.39. The number of aromatic nitrogens is 2. The lowest BCUT2D eigenvalue weighted by atomic mass is 10.2. The Morgan fingerprint density at radius 2 is 1.92 bits per heavy atom. The van der Waals surface area contributed by atoms with Gasteiger partial charge >= 0.3 is 0 Å². The lowest BCUT2D eigenvalue weighted by molar-refractivity contribution is 0.484. The van der Waals surface area contributed by atoms with Crippen LogP contribution in [0.15, 0.2) is 35.2 Å². The highest BCUT2D eigenvalue weighted by Gasteiger charge is 2.33. The molecule has 1 fully saturated rings. The van der Waals surface area contributed by atoms with Gasteiger partial charge in [-0.05, 0) is 25.8 Å². The zero-order valence-electron chi connectivity index (χ0n) is 14.1. The van der Waals surface area contributed by atoms with Crippen molar-refractivity contribution in [3.63, 3.8) is 0 Å². The quantitative estimate of drug-likeness (QED) is 0.840. The van der Waals surface area contributed by atoms with Crippen LogP contribution in [0.3, 0.4) is 0 Å². The topological polar surface area (TPSA) is 98.1 Å². The van der Waals surface area contributed by atoms with Crippen molar-refractivity contribution in [1.82, 2.24) is 14.5 Å². The number of sulfone groups is 1. The van der Waals surface area contributed by atoms with Gasteiger partial charge in [0.1, 0.15) is 4.90 Å². The van der Waals surface area contributed by atoms with Crippen LogP contribution < -0.4 is 4.72 Å². The van der Waals surface area contributed by atoms with E-state index < -0.39 is 19.9 Å². The lowest BCUT2D eigenvalue weighted by Crippen LogP contribution is -2.24. The van der Waals surface area contributed by atoms with Gasteiger partial charge in [-0.25, -0.2) is 21.6 Å².